The lowest BCUT2D eigenvalue weighted by molar-refractivity contribution is -0.144. The van der Waals surface area contributed by atoms with Crippen LogP contribution in [0.3, 0.4) is 0 Å². The first kappa shape index (κ1) is 12.6. The average Bonchev–Trinajstić information content (AvgIpc) is 2.25. The van der Waals surface area contributed by atoms with Gasteiger partial charge in [-0.05, 0) is 31.0 Å². The summed E-state index contributed by atoms with van der Waals surface area (Å²) in [6.07, 6.45) is 1.29. The number of benzene rings is 1. The van der Waals surface area contributed by atoms with Gasteiger partial charge in [-0.2, -0.15) is 0 Å². The molecule has 0 aliphatic carbocycles. The second-order valence-corrected chi connectivity index (χ2v) is 3.64. The molecule has 3 nitrogen and oxygen atoms in total. The maximum Gasteiger partial charge on any atom is 0.305 e. The SMILES string of the molecule is CCCC(=O)OCCOc1cccc(C)c1. The van der Waals surface area contributed by atoms with E-state index in [1.807, 2.05) is 38.1 Å². The molecular weight excluding hydrogens is 204 g/mol. The quantitative estimate of drug-likeness (QED) is 0.548. The molecule has 0 aliphatic rings. The molecule has 0 aromatic heterocycles. The predicted octanol–water partition coefficient (Wildman–Crippen LogP) is 2.72. The van der Waals surface area contributed by atoms with Crippen LogP contribution in [-0.2, 0) is 9.53 Å². The van der Waals surface area contributed by atoms with Crippen molar-refractivity contribution < 1.29 is 14.3 Å². The maximum atomic E-state index is 11.0. The van der Waals surface area contributed by atoms with Crippen LogP contribution in [0, 0.1) is 6.92 Å². The molecule has 0 unspecified atom stereocenters. The van der Waals surface area contributed by atoms with Gasteiger partial charge in [0.05, 0.1) is 0 Å². The van der Waals surface area contributed by atoms with E-state index >= 15 is 0 Å². The predicted molar refractivity (Wildman–Crippen MR) is 62.5 cm³/mol. The second kappa shape index (κ2) is 6.88. The molecule has 0 radical (unpaired) electrons. The molecule has 1 aromatic rings. The summed E-state index contributed by atoms with van der Waals surface area (Å²) in [7, 11) is 0. The largest absolute Gasteiger partial charge is 0.490 e. The molecule has 0 spiro atoms. The Morgan fingerprint density at radius 1 is 1.31 bits per heavy atom. The fourth-order valence-electron chi connectivity index (χ4n) is 1.30. The van der Waals surface area contributed by atoms with Crippen molar-refractivity contribution >= 4 is 5.97 Å². The van der Waals surface area contributed by atoms with Gasteiger partial charge in [-0.1, -0.05) is 19.1 Å². The van der Waals surface area contributed by atoms with Crippen molar-refractivity contribution in [3.63, 3.8) is 0 Å². The van der Waals surface area contributed by atoms with E-state index < -0.39 is 0 Å². The third-order valence-electron chi connectivity index (χ3n) is 2.06. The van der Waals surface area contributed by atoms with Crippen LogP contribution in [0.15, 0.2) is 24.3 Å². The molecule has 0 N–H and O–H groups in total. The fraction of sp³-hybridized carbons (Fsp3) is 0.462. The van der Waals surface area contributed by atoms with Crippen molar-refractivity contribution in [3.8, 4) is 5.75 Å². The van der Waals surface area contributed by atoms with Crippen LogP contribution in [0.2, 0.25) is 0 Å². The molecule has 88 valence electrons. The van der Waals surface area contributed by atoms with Crippen molar-refractivity contribution in [1.82, 2.24) is 0 Å². The van der Waals surface area contributed by atoms with E-state index in [0.717, 1.165) is 17.7 Å². The number of ether oxygens (including phenoxy) is 2. The van der Waals surface area contributed by atoms with E-state index in [-0.39, 0.29) is 5.97 Å². The minimum atomic E-state index is -0.157. The molecule has 1 aromatic carbocycles. The number of hydrogen-bond acceptors (Lipinski definition) is 3. The first-order valence-corrected chi connectivity index (χ1v) is 5.57. The van der Waals surface area contributed by atoms with Crippen molar-refractivity contribution in [2.45, 2.75) is 26.7 Å². The fourth-order valence-corrected chi connectivity index (χ4v) is 1.30. The minimum absolute atomic E-state index is 0.157. The smallest absolute Gasteiger partial charge is 0.305 e. The molecule has 0 fully saturated rings. The zero-order valence-corrected chi connectivity index (χ0v) is 9.86. The van der Waals surface area contributed by atoms with Crippen molar-refractivity contribution in [2.75, 3.05) is 13.2 Å². The number of esters is 1. The molecule has 0 bridgehead atoms. The zero-order chi connectivity index (χ0) is 11.8. The summed E-state index contributed by atoms with van der Waals surface area (Å²) in [4.78, 5) is 11.0. The highest BCUT2D eigenvalue weighted by molar-refractivity contribution is 5.69. The van der Waals surface area contributed by atoms with E-state index in [1.165, 1.54) is 0 Å². The molecule has 1 rings (SSSR count). The Morgan fingerprint density at radius 3 is 2.81 bits per heavy atom. The van der Waals surface area contributed by atoms with Crippen LogP contribution in [0.1, 0.15) is 25.3 Å². The van der Waals surface area contributed by atoms with Gasteiger partial charge in [0.2, 0.25) is 0 Å². The molecule has 16 heavy (non-hydrogen) atoms. The molecule has 0 saturated carbocycles. The standard InChI is InChI=1S/C13H18O3/c1-3-5-13(14)16-9-8-15-12-7-4-6-11(2)10-12/h4,6-7,10H,3,5,8-9H2,1-2H3. The molecule has 0 saturated heterocycles. The second-order valence-electron chi connectivity index (χ2n) is 3.64. The third kappa shape index (κ3) is 4.82. The Balaban J connectivity index is 2.18. The third-order valence-corrected chi connectivity index (χ3v) is 2.06. The lowest BCUT2D eigenvalue weighted by Crippen LogP contribution is -2.11. The van der Waals surface area contributed by atoms with E-state index in [2.05, 4.69) is 0 Å². The Bertz CT molecular complexity index is 334. The number of carbonyl (C=O) groups excluding carboxylic acids is 1. The van der Waals surface area contributed by atoms with Crippen molar-refractivity contribution in [2.24, 2.45) is 0 Å². The van der Waals surface area contributed by atoms with Gasteiger partial charge in [-0.25, -0.2) is 0 Å². The Hall–Kier alpha value is -1.51. The topological polar surface area (TPSA) is 35.5 Å². The van der Waals surface area contributed by atoms with E-state index in [4.69, 9.17) is 9.47 Å². The van der Waals surface area contributed by atoms with E-state index in [0.29, 0.717) is 19.6 Å². The monoisotopic (exact) mass is 222 g/mol. The van der Waals surface area contributed by atoms with Crippen LogP contribution in [0.4, 0.5) is 0 Å². The summed E-state index contributed by atoms with van der Waals surface area (Å²) in [5.41, 5.74) is 1.15. The molecule has 0 atom stereocenters. The summed E-state index contributed by atoms with van der Waals surface area (Å²) < 4.78 is 10.4. The molecule has 0 heterocycles. The molecular formula is C13H18O3. The lowest BCUT2D eigenvalue weighted by Gasteiger charge is -2.07. The summed E-state index contributed by atoms with van der Waals surface area (Å²) in [6.45, 7) is 4.67. The van der Waals surface area contributed by atoms with Crippen LogP contribution in [0.25, 0.3) is 0 Å². The number of hydrogen-bond donors (Lipinski definition) is 0. The highest BCUT2D eigenvalue weighted by Crippen LogP contribution is 2.11. The van der Waals surface area contributed by atoms with Gasteiger partial charge in [0.15, 0.2) is 0 Å². The highest BCUT2D eigenvalue weighted by Gasteiger charge is 2.00. The van der Waals surface area contributed by atoms with Crippen LogP contribution >= 0.6 is 0 Å². The molecule has 3 heteroatoms. The average molecular weight is 222 g/mol. The molecule has 0 aliphatic heterocycles. The lowest BCUT2D eigenvalue weighted by atomic mass is 10.2. The minimum Gasteiger partial charge on any atom is -0.490 e. The van der Waals surface area contributed by atoms with Gasteiger partial charge in [0, 0.05) is 6.42 Å². The highest BCUT2D eigenvalue weighted by atomic mass is 16.6. The van der Waals surface area contributed by atoms with Crippen LogP contribution < -0.4 is 4.74 Å². The van der Waals surface area contributed by atoms with Gasteiger partial charge < -0.3 is 9.47 Å². The van der Waals surface area contributed by atoms with Crippen molar-refractivity contribution in [3.05, 3.63) is 29.8 Å². The van der Waals surface area contributed by atoms with Gasteiger partial charge in [-0.3, -0.25) is 4.79 Å². The maximum absolute atomic E-state index is 11.0. The van der Waals surface area contributed by atoms with Gasteiger partial charge in [0.1, 0.15) is 19.0 Å². The van der Waals surface area contributed by atoms with E-state index in [9.17, 15) is 4.79 Å². The first-order chi connectivity index (χ1) is 7.72. The zero-order valence-electron chi connectivity index (χ0n) is 9.86. The van der Waals surface area contributed by atoms with Gasteiger partial charge in [-0.15, -0.1) is 0 Å². The van der Waals surface area contributed by atoms with E-state index in [1.54, 1.807) is 0 Å². The number of aryl methyl sites for hydroxylation is 1. The van der Waals surface area contributed by atoms with Crippen LogP contribution in [-0.4, -0.2) is 19.2 Å². The summed E-state index contributed by atoms with van der Waals surface area (Å²) in [5.74, 6) is 0.655. The van der Waals surface area contributed by atoms with Gasteiger partial charge in [0.25, 0.3) is 0 Å². The molecule has 0 amide bonds. The normalized spacial score (nSPS) is 9.88. The Morgan fingerprint density at radius 2 is 2.12 bits per heavy atom. The first-order valence-electron chi connectivity index (χ1n) is 5.57. The summed E-state index contributed by atoms with van der Waals surface area (Å²) in [5, 5.41) is 0. The van der Waals surface area contributed by atoms with Crippen LogP contribution in [0.5, 0.6) is 5.75 Å². The van der Waals surface area contributed by atoms with Crippen molar-refractivity contribution in [1.29, 1.82) is 0 Å². The number of rotatable bonds is 6. The Labute approximate surface area is 96.4 Å². The summed E-state index contributed by atoms with van der Waals surface area (Å²) >= 11 is 0. The summed E-state index contributed by atoms with van der Waals surface area (Å²) in [6, 6.07) is 7.79. The Kier molecular flexibility index (Phi) is 5.40. The number of carbonyl (C=O) groups is 1. The van der Waals surface area contributed by atoms with Gasteiger partial charge >= 0.3 is 5.97 Å².